The normalized spacial score (nSPS) is 12.6. The highest BCUT2D eigenvalue weighted by atomic mass is 16.3. The summed E-state index contributed by atoms with van der Waals surface area (Å²) in [6.07, 6.45) is 3.23. The van der Waals surface area contributed by atoms with Crippen molar-refractivity contribution in [3.05, 3.63) is 46.3 Å². The Labute approximate surface area is 146 Å². The second-order valence-corrected chi connectivity index (χ2v) is 8.22. The predicted molar refractivity (Wildman–Crippen MR) is 95.5 cm³/mol. The van der Waals surface area contributed by atoms with Gasteiger partial charge in [-0.05, 0) is 0 Å². The standard InChI is InChI=1S/C19H23N3O3/c1-18(2,3)14-9-24-16(21-14)12-7-11(23)8-13(20-12)17-22-15(10-25-17)19(4,5)6/h7-10H,1-6H3,(H,20,23). The van der Waals surface area contributed by atoms with Crippen LogP contribution >= 0.6 is 0 Å². The van der Waals surface area contributed by atoms with Crippen LogP contribution in [0.2, 0.25) is 0 Å². The van der Waals surface area contributed by atoms with Gasteiger partial charge in [0.25, 0.3) is 0 Å². The van der Waals surface area contributed by atoms with E-state index in [4.69, 9.17) is 8.83 Å². The molecule has 3 aromatic rings. The van der Waals surface area contributed by atoms with Gasteiger partial charge < -0.3 is 13.8 Å². The van der Waals surface area contributed by atoms with Crippen molar-refractivity contribution in [2.24, 2.45) is 0 Å². The molecule has 132 valence electrons. The van der Waals surface area contributed by atoms with Crippen LogP contribution in [0.1, 0.15) is 52.9 Å². The number of oxazole rings is 2. The van der Waals surface area contributed by atoms with Crippen molar-refractivity contribution in [3.8, 4) is 23.2 Å². The highest BCUT2D eigenvalue weighted by Crippen LogP contribution is 2.27. The summed E-state index contributed by atoms with van der Waals surface area (Å²) in [6.45, 7) is 12.3. The van der Waals surface area contributed by atoms with Crippen LogP contribution in [0.25, 0.3) is 23.2 Å². The molecule has 0 aliphatic carbocycles. The van der Waals surface area contributed by atoms with Gasteiger partial charge in [0.05, 0.1) is 11.4 Å². The van der Waals surface area contributed by atoms with Gasteiger partial charge in [0.2, 0.25) is 11.8 Å². The molecule has 0 spiro atoms. The SMILES string of the molecule is CC(C)(C)c1coc(-c2cc(=O)cc(-c3nc(C(C)(C)C)co3)[nH]2)n1. The van der Waals surface area contributed by atoms with Gasteiger partial charge in [0.15, 0.2) is 5.43 Å². The van der Waals surface area contributed by atoms with E-state index in [1.807, 2.05) is 0 Å². The topological polar surface area (TPSA) is 84.9 Å². The molecule has 0 unspecified atom stereocenters. The second kappa shape index (κ2) is 5.72. The average Bonchev–Trinajstić information content (AvgIpc) is 3.15. The molecule has 0 radical (unpaired) electrons. The maximum Gasteiger partial charge on any atom is 0.243 e. The Balaban J connectivity index is 2.03. The highest BCUT2D eigenvalue weighted by molar-refractivity contribution is 5.55. The fraction of sp³-hybridized carbons (Fsp3) is 0.421. The minimum absolute atomic E-state index is 0.135. The molecule has 25 heavy (non-hydrogen) atoms. The van der Waals surface area contributed by atoms with Crippen LogP contribution in [0, 0.1) is 0 Å². The Kier molecular flexibility index (Phi) is 3.94. The molecular formula is C19H23N3O3. The van der Waals surface area contributed by atoms with E-state index in [9.17, 15) is 4.79 Å². The number of pyridine rings is 1. The van der Waals surface area contributed by atoms with E-state index in [0.717, 1.165) is 11.4 Å². The first-order chi connectivity index (χ1) is 11.5. The van der Waals surface area contributed by atoms with E-state index < -0.39 is 0 Å². The van der Waals surface area contributed by atoms with Crippen LogP contribution in [0.4, 0.5) is 0 Å². The second-order valence-electron chi connectivity index (χ2n) is 8.22. The first-order valence-electron chi connectivity index (χ1n) is 8.21. The molecule has 0 amide bonds. The molecule has 6 nitrogen and oxygen atoms in total. The van der Waals surface area contributed by atoms with Gasteiger partial charge in [-0.25, -0.2) is 9.97 Å². The molecule has 3 rings (SSSR count). The highest BCUT2D eigenvalue weighted by Gasteiger charge is 2.22. The Bertz CT molecular complexity index is 876. The van der Waals surface area contributed by atoms with Gasteiger partial charge in [-0.3, -0.25) is 4.79 Å². The number of hydrogen-bond donors (Lipinski definition) is 1. The van der Waals surface area contributed by atoms with Gasteiger partial charge in [0, 0.05) is 23.0 Å². The number of H-pyrrole nitrogens is 1. The van der Waals surface area contributed by atoms with E-state index in [-0.39, 0.29) is 16.3 Å². The monoisotopic (exact) mass is 341 g/mol. The molecule has 0 atom stereocenters. The zero-order chi connectivity index (χ0) is 18.4. The smallest absolute Gasteiger partial charge is 0.243 e. The van der Waals surface area contributed by atoms with E-state index in [2.05, 4.69) is 56.5 Å². The lowest BCUT2D eigenvalue weighted by atomic mass is 9.93. The van der Waals surface area contributed by atoms with E-state index in [1.54, 1.807) is 12.5 Å². The molecule has 0 aliphatic rings. The number of nitrogens with one attached hydrogen (secondary N) is 1. The quantitative estimate of drug-likeness (QED) is 0.752. The van der Waals surface area contributed by atoms with Crippen molar-refractivity contribution < 1.29 is 8.83 Å². The minimum Gasteiger partial charge on any atom is -0.443 e. The van der Waals surface area contributed by atoms with Crippen molar-refractivity contribution >= 4 is 0 Å². The van der Waals surface area contributed by atoms with E-state index >= 15 is 0 Å². The first-order valence-corrected chi connectivity index (χ1v) is 8.21. The lowest BCUT2D eigenvalue weighted by Gasteiger charge is -2.13. The van der Waals surface area contributed by atoms with Crippen molar-refractivity contribution in [3.63, 3.8) is 0 Å². The van der Waals surface area contributed by atoms with Crippen molar-refractivity contribution in [2.75, 3.05) is 0 Å². The first kappa shape index (κ1) is 17.2. The summed E-state index contributed by atoms with van der Waals surface area (Å²) in [4.78, 5) is 24.2. The number of aromatic nitrogens is 3. The molecule has 0 aromatic carbocycles. The molecule has 3 aromatic heterocycles. The zero-order valence-electron chi connectivity index (χ0n) is 15.4. The summed E-state index contributed by atoms with van der Waals surface area (Å²) >= 11 is 0. The van der Waals surface area contributed by atoms with Crippen LogP contribution in [0.5, 0.6) is 0 Å². The third-order valence-electron chi connectivity index (χ3n) is 3.85. The van der Waals surface area contributed by atoms with Gasteiger partial charge in [-0.15, -0.1) is 0 Å². The van der Waals surface area contributed by atoms with Crippen molar-refractivity contribution in [1.29, 1.82) is 0 Å². The van der Waals surface area contributed by atoms with Crippen LogP contribution in [0.15, 0.2) is 38.3 Å². The fourth-order valence-corrected chi connectivity index (χ4v) is 2.26. The molecule has 3 heterocycles. The van der Waals surface area contributed by atoms with Crippen LogP contribution in [-0.2, 0) is 10.8 Å². The molecule has 0 saturated carbocycles. The molecule has 0 bridgehead atoms. The Morgan fingerprint density at radius 2 is 1.20 bits per heavy atom. The van der Waals surface area contributed by atoms with Gasteiger partial charge in [-0.1, -0.05) is 41.5 Å². The Morgan fingerprint density at radius 3 is 1.52 bits per heavy atom. The third kappa shape index (κ3) is 3.57. The van der Waals surface area contributed by atoms with Crippen molar-refractivity contribution in [1.82, 2.24) is 15.0 Å². The maximum absolute atomic E-state index is 12.1. The lowest BCUT2D eigenvalue weighted by Crippen LogP contribution is -2.11. The van der Waals surface area contributed by atoms with Gasteiger partial charge in [-0.2, -0.15) is 0 Å². The summed E-state index contributed by atoms with van der Waals surface area (Å²) in [6, 6.07) is 2.91. The zero-order valence-corrected chi connectivity index (χ0v) is 15.4. The van der Waals surface area contributed by atoms with Crippen LogP contribution in [0.3, 0.4) is 0 Å². The maximum atomic E-state index is 12.1. The Morgan fingerprint density at radius 1 is 0.800 bits per heavy atom. The van der Waals surface area contributed by atoms with Crippen LogP contribution in [-0.4, -0.2) is 15.0 Å². The molecular weight excluding hydrogens is 318 g/mol. The molecule has 0 aliphatic heterocycles. The van der Waals surface area contributed by atoms with E-state index in [0.29, 0.717) is 23.2 Å². The minimum atomic E-state index is -0.172. The summed E-state index contributed by atoms with van der Waals surface area (Å²) in [5.74, 6) is 0.734. The predicted octanol–water partition coefficient (Wildman–Crippen LogP) is 4.28. The van der Waals surface area contributed by atoms with Crippen molar-refractivity contribution in [2.45, 2.75) is 52.4 Å². The number of hydrogen-bond acceptors (Lipinski definition) is 5. The van der Waals surface area contributed by atoms with E-state index in [1.165, 1.54) is 12.1 Å². The fourth-order valence-electron chi connectivity index (χ4n) is 2.26. The molecule has 0 fully saturated rings. The molecule has 6 heteroatoms. The molecule has 0 saturated heterocycles. The molecule has 1 N–H and O–H groups in total. The summed E-state index contributed by atoms with van der Waals surface area (Å²) in [5, 5.41) is 0. The average molecular weight is 341 g/mol. The number of rotatable bonds is 2. The number of nitrogens with zero attached hydrogens (tertiary/aromatic N) is 2. The van der Waals surface area contributed by atoms with Gasteiger partial charge in [0.1, 0.15) is 23.9 Å². The Hall–Kier alpha value is -2.63. The third-order valence-corrected chi connectivity index (χ3v) is 3.85. The summed E-state index contributed by atoms with van der Waals surface area (Å²) in [5.41, 5.74) is 2.18. The number of aromatic amines is 1. The van der Waals surface area contributed by atoms with Gasteiger partial charge >= 0.3 is 0 Å². The lowest BCUT2D eigenvalue weighted by molar-refractivity contribution is 0.541. The van der Waals surface area contributed by atoms with Crippen LogP contribution < -0.4 is 5.43 Å². The summed E-state index contributed by atoms with van der Waals surface area (Å²) in [7, 11) is 0. The largest absolute Gasteiger partial charge is 0.443 e. The summed E-state index contributed by atoms with van der Waals surface area (Å²) < 4.78 is 11.1.